The highest BCUT2D eigenvalue weighted by Gasteiger charge is 2.09. The SMILES string of the molecule is CCCCCCCCCCC(O)c1ccc(F)c(Br)c1. The van der Waals surface area contributed by atoms with Crippen molar-refractivity contribution in [3.05, 3.63) is 34.1 Å². The molecule has 0 fully saturated rings. The molecule has 1 rings (SSSR count). The van der Waals surface area contributed by atoms with Crippen LogP contribution >= 0.6 is 15.9 Å². The van der Waals surface area contributed by atoms with Gasteiger partial charge in [-0.15, -0.1) is 0 Å². The van der Waals surface area contributed by atoms with E-state index < -0.39 is 6.10 Å². The van der Waals surface area contributed by atoms with Gasteiger partial charge in [-0.2, -0.15) is 0 Å². The molecule has 114 valence electrons. The van der Waals surface area contributed by atoms with Gasteiger partial charge in [0, 0.05) is 0 Å². The maximum absolute atomic E-state index is 13.1. The molecule has 1 aromatic rings. The first-order chi connectivity index (χ1) is 9.65. The van der Waals surface area contributed by atoms with E-state index in [1.165, 1.54) is 51.0 Å². The Hall–Kier alpha value is -0.410. The zero-order chi connectivity index (χ0) is 14.8. The van der Waals surface area contributed by atoms with Crippen LogP contribution in [0.15, 0.2) is 22.7 Å². The van der Waals surface area contributed by atoms with Crippen LogP contribution in [0.1, 0.15) is 76.4 Å². The van der Waals surface area contributed by atoms with Gasteiger partial charge in [-0.1, -0.05) is 64.4 Å². The van der Waals surface area contributed by atoms with Gasteiger partial charge in [0.2, 0.25) is 0 Å². The zero-order valence-corrected chi connectivity index (χ0v) is 14.0. The summed E-state index contributed by atoms with van der Waals surface area (Å²) in [5.41, 5.74) is 0.793. The molecule has 0 aliphatic rings. The number of hydrogen-bond donors (Lipinski definition) is 1. The first kappa shape index (κ1) is 17.6. The zero-order valence-electron chi connectivity index (χ0n) is 12.4. The van der Waals surface area contributed by atoms with Crippen molar-refractivity contribution in [1.82, 2.24) is 0 Å². The van der Waals surface area contributed by atoms with Crippen LogP contribution in [0.4, 0.5) is 4.39 Å². The standard InChI is InChI=1S/C17H26BrFO/c1-2-3-4-5-6-7-8-9-10-17(20)14-11-12-16(19)15(18)13-14/h11-13,17,20H,2-10H2,1H3. The second-order valence-electron chi connectivity index (χ2n) is 5.45. The summed E-state index contributed by atoms with van der Waals surface area (Å²) >= 11 is 3.15. The van der Waals surface area contributed by atoms with Crippen molar-refractivity contribution in [3.8, 4) is 0 Å². The van der Waals surface area contributed by atoms with E-state index >= 15 is 0 Å². The maximum Gasteiger partial charge on any atom is 0.137 e. The normalized spacial score (nSPS) is 12.6. The molecular weight excluding hydrogens is 319 g/mol. The second-order valence-corrected chi connectivity index (χ2v) is 6.31. The molecule has 0 spiro atoms. The average Bonchev–Trinajstić information content (AvgIpc) is 2.44. The molecule has 0 saturated carbocycles. The first-order valence-corrected chi connectivity index (χ1v) is 8.57. The lowest BCUT2D eigenvalue weighted by Gasteiger charge is -2.11. The summed E-state index contributed by atoms with van der Waals surface area (Å²) in [6.45, 7) is 2.23. The maximum atomic E-state index is 13.1. The Morgan fingerprint density at radius 2 is 1.65 bits per heavy atom. The molecule has 0 amide bonds. The number of halogens is 2. The molecule has 0 aliphatic carbocycles. The highest BCUT2D eigenvalue weighted by atomic mass is 79.9. The van der Waals surface area contributed by atoms with E-state index in [9.17, 15) is 9.50 Å². The average molecular weight is 345 g/mol. The van der Waals surface area contributed by atoms with Crippen LogP contribution in [0, 0.1) is 5.82 Å². The Kier molecular flexibility index (Phi) is 9.12. The smallest absolute Gasteiger partial charge is 0.137 e. The number of rotatable bonds is 10. The first-order valence-electron chi connectivity index (χ1n) is 7.78. The fourth-order valence-corrected chi connectivity index (χ4v) is 2.75. The summed E-state index contributed by atoms with van der Waals surface area (Å²) < 4.78 is 13.5. The molecule has 1 unspecified atom stereocenters. The van der Waals surface area contributed by atoms with Gasteiger partial charge >= 0.3 is 0 Å². The van der Waals surface area contributed by atoms with Gasteiger partial charge in [-0.25, -0.2) is 4.39 Å². The van der Waals surface area contributed by atoms with Gasteiger partial charge in [-0.05, 0) is 40.0 Å². The number of benzene rings is 1. The highest BCUT2D eigenvalue weighted by Crippen LogP contribution is 2.25. The molecular formula is C17H26BrFO. The largest absolute Gasteiger partial charge is 0.388 e. The summed E-state index contributed by atoms with van der Waals surface area (Å²) in [5.74, 6) is -0.284. The molecule has 0 aliphatic heterocycles. The molecule has 1 N–H and O–H groups in total. The van der Waals surface area contributed by atoms with Crippen LogP contribution in [-0.4, -0.2) is 5.11 Å². The number of aliphatic hydroxyl groups is 1. The van der Waals surface area contributed by atoms with Crippen LogP contribution in [0.5, 0.6) is 0 Å². The van der Waals surface area contributed by atoms with Crippen LogP contribution in [0.2, 0.25) is 0 Å². The minimum absolute atomic E-state index is 0.284. The van der Waals surface area contributed by atoms with Crippen molar-refractivity contribution >= 4 is 15.9 Å². The van der Waals surface area contributed by atoms with Crippen molar-refractivity contribution in [2.24, 2.45) is 0 Å². The molecule has 0 bridgehead atoms. The predicted molar refractivity (Wildman–Crippen MR) is 86.3 cm³/mol. The second kappa shape index (κ2) is 10.3. The Morgan fingerprint density at radius 3 is 2.25 bits per heavy atom. The van der Waals surface area contributed by atoms with Gasteiger partial charge in [0.05, 0.1) is 10.6 Å². The van der Waals surface area contributed by atoms with Crippen molar-refractivity contribution in [2.75, 3.05) is 0 Å². The minimum Gasteiger partial charge on any atom is -0.388 e. The number of unbranched alkanes of at least 4 members (excludes halogenated alkanes) is 7. The fourth-order valence-electron chi connectivity index (χ4n) is 2.36. The Morgan fingerprint density at radius 1 is 1.05 bits per heavy atom. The molecule has 1 atom stereocenters. The van der Waals surface area contributed by atoms with Crippen molar-refractivity contribution in [1.29, 1.82) is 0 Å². The van der Waals surface area contributed by atoms with E-state index in [1.807, 2.05) is 0 Å². The van der Waals surface area contributed by atoms with Gasteiger partial charge in [0.1, 0.15) is 5.82 Å². The monoisotopic (exact) mass is 344 g/mol. The lowest BCUT2D eigenvalue weighted by molar-refractivity contribution is 0.163. The van der Waals surface area contributed by atoms with Crippen molar-refractivity contribution in [3.63, 3.8) is 0 Å². The lowest BCUT2D eigenvalue weighted by Crippen LogP contribution is -1.98. The predicted octanol–water partition coefficient (Wildman–Crippen LogP) is 6.15. The number of hydrogen-bond acceptors (Lipinski definition) is 1. The van der Waals surface area contributed by atoms with Crippen molar-refractivity contribution < 1.29 is 9.50 Å². The molecule has 3 heteroatoms. The van der Waals surface area contributed by atoms with Gasteiger partial charge in [0.15, 0.2) is 0 Å². The van der Waals surface area contributed by atoms with Crippen LogP contribution in [0.3, 0.4) is 0 Å². The van der Waals surface area contributed by atoms with E-state index in [0.717, 1.165) is 18.4 Å². The third-order valence-corrected chi connectivity index (χ3v) is 4.27. The molecule has 0 aromatic heterocycles. The Labute approximate surface area is 130 Å². The quantitative estimate of drug-likeness (QED) is 0.504. The Bertz CT molecular complexity index is 381. The summed E-state index contributed by atoms with van der Waals surface area (Å²) in [6.07, 6.45) is 10.4. The molecule has 20 heavy (non-hydrogen) atoms. The van der Waals surface area contributed by atoms with Gasteiger partial charge in [-0.3, -0.25) is 0 Å². The Balaban J connectivity index is 2.13. The molecule has 1 nitrogen and oxygen atoms in total. The van der Waals surface area contributed by atoms with Crippen molar-refractivity contribution in [2.45, 2.75) is 70.8 Å². The summed E-state index contributed by atoms with van der Waals surface area (Å²) in [7, 11) is 0. The highest BCUT2D eigenvalue weighted by molar-refractivity contribution is 9.10. The van der Waals surface area contributed by atoms with Gasteiger partial charge in [0.25, 0.3) is 0 Å². The fraction of sp³-hybridized carbons (Fsp3) is 0.647. The van der Waals surface area contributed by atoms with E-state index in [-0.39, 0.29) is 5.82 Å². The van der Waals surface area contributed by atoms with E-state index in [0.29, 0.717) is 4.47 Å². The van der Waals surface area contributed by atoms with Crippen LogP contribution in [-0.2, 0) is 0 Å². The van der Waals surface area contributed by atoms with E-state index in [2.05, 4.69) is 22.9 Å². The van der Waals surface area contributed by atoms with Crippen LogP contribution in [0.25, 0.3) is 0 Å². The van der Waals surface area contributed by atoms with Gasteiger partial charge < -0.3 is 5.11 Å². The van der Waals surface area contributed by atoms with Crippen LogP contribution < -0.4 is 0 Å². The van der Waals surface area contributed by atoms with E-state index in [4.69, 9.17) is 0 Å². The molecule has 0 saturated heterocycles. The summed E-state index contributed by atoms with van der Waals surface area (Å²) in [5, 5.41) is 10.1. The lowest BCUT2D eigenvalue weighted by atomic mass is 10.0. The van der Waals surface area contributed by atoms with E-state index in [1.54, 1.807) is 12.1 Å². The minimum atomic E-state index is -0.480. The molecule has 0 heterocycles. The molecule has 0 radical (unpaired) electrons. The third-order valence-electron chi connectivity index (χ3n) is 3.66. The number of aliphatic hydroxyl groups excluding tert-OH is 1. The summed E-state index contributed by atoms with van der Waals surface area (Å²) in [4.78, 5) is 0. The third kappa shape index (κ3) is 6.85. The molecule has 1 aromatic carbocycles. The summed E-state index contributed by atoms with van der Waals surface area (Å²) in [6, 6.07) is 4.73. The topological polar surface area (TPSA) is 20.2 Å².